The molecular formula is C13H15NO2S. The SMILES string of the molecule is Cc1ncc(COc2ccccc2[C@H](C)O)s1. The summed E-state index contributed by atoms with van der Waals surface area (Å²) in [5.74, 6) is 0.730. The average molecular weight is 249 g/mol. The summed E-state index contributed by atoms with van der Waals surface area (Å²) in [6.07, 6.45) is 1.31. The van der Waals surface area contributed by atoms with Crippen molar-refractivity contribution in [3.05, 3.63) is 45.9 Å². The average Bonchev–Trinajstić information content (AvgIpc) is 2.73. The van der Waals surface area contributed by atoms with Crippen molar-refractivity contribution in [2.24, 2.45) is 0 Å². The topological polar surface area (TPSA) is 42.4 Å². The minimum Gasteiger partial charge on any atom is -0.488 e. The third-order valence-corrected chi connectivity index (χ3v) is 3.29. The molecule has 0 saturated heterocycles. The highest BCUT2D eigenvalue weighted by Crippen LogP contribution is 2.25. The van der Waals surface area contributed by atoms with Gasteiger partial charge in [-0.05, 0) is 19.9 Å². The third kappa shape index (κ3) is 3.05. The lowest BCUT2D eigenvalue weighted by molar-refractivity contribution is 0.190. The second-order valence-electron chi connectivity index (χ2n) is 3.85. The van der Waals surface area contributed by atoms with Crippen molar-refractivity contribution >= 4 is 11.3 Å². The standard InChI is InChI=1S/C13H15NO2S/c1-9(15)12-5-3-4-6-13(12)16-8-11-7-14-10(2)17-11/h3-7,9,15H,8H2,1-2H3/t9-/m0/s1. The molecule has 1 aromatic heterocycles. The highest BCUT2D eigenvalue weighted by atomic mass is 32.1. The molecule has 4 heteroatoms. The Hall–Kier alpha value is -1.39. The molecule has 1 N–H and O–H groups in total. The van der Waals surface area contributed by atoms with Gasteiger partial charge in [-0.15, -0.1) is 11.3 Å². The Kier molecular flexibility index (Phi) is 3.76. The molecule has 2 rings (SSSR count). The van der Waals surface area contributed by atoms with Crippen LogP contribution in [0.4, 0.5) is 0 Å². The van der Waals surface area contributed by atoms with Crippen LogP contribution in [0, 0.1) is 6.92 Å². The van der Waals surface area contributed by atoms with Crippen LogP contribution in [0.3, 0.4) is 0 Å². The van der Waals surface area contributed by atoms with E-state index in [2.05, 4.69) is 4.98 Å². The summed E-state index contributed by atoms with van der Waals surface area (Å²) >= 11 is 1.62. The van der Waals surface area contributed by atoms with E-state index in [-0.39, 0.29) is 0 Å². The van der Waals surface area contributed by atoms with Gasteiger partial charge >= 0.3 is 0 Å². The summed E-state index contributed by atoms with van der Waals surface area (Å²) in [6, 6.07) is 7.54. The van der Waals surface area contributed by atoms with Gasteiger partial charge < -0.3 is 9.84 Å². The highest BCUT2D eigenvalue weighted by Gasteiger charge is 2.08. The van der Waals surface area contributed by atoms with E-state index in [1.807, 2.05) is 37.4 Å². The van der Waals surface area contributed by atoms with Gasteiger partial charge in [0.15, 0.2) is 0 Å². The molecule has 17 heavy (non-hydrogen) atoms. The normalized spacial score (nSPS) is 12.4. The smallest absolute Gasteiger partial charge is 0.125 e. The largest absolute Gasteiger partial charge is 0.488 e. The molecule has 2 aromatic rings. The number of aliphatic hydroxyl groups excluding tert-OH is 1. The first kappa shape index (κ1) is 12.1. The van der Waals surface area contributed by atoms with E-state index >= 15 is 0 Å². The maximum atomic E-state index is 9.62. The fourth-order valence-electron chi connectivity index (χ4n) is 1.58. The Morgan fingerprint density at radius 1 is 1.41 bits per heavy atom. The number of rotatable bonds is 4. The van der Waals surface area contributed by atoms with E-state index in [9.17, 15) is 5.11 Å². The van der Waals surface area contributed by atoms with E-state index < -0.39 is 6.10 Å². The predicted octanol–water partition coefficient (Wildman–Crippen LogP) is 3.08. The number of aliphatic hydroxyl groups is 1. The summed E-state index contributed by atoms with van der Waals surface area (Å²) in [5.41, 5.74) is 0.814. The molecule has 0 saturated carbocycles. The van der Waals surface area contributed by atoms with Crippen LogP contribution in [-0.2, 0) is 6.61 Å². The molecule has 0 amide bonds. The van der Waals surface area contributed by atoms with Gasteiger partial charge in [0.1, 0.15) is 12.4 Å². The minimum atomic E-state index is -0.519. The number of ether oxygens (including phenoxy) is 1. The second kappa shape index (κ2) is 5.29. The fourth-order valence-corrected chi connectivity index (χ4v) is 2.29. The molecule has 0 fully saturated rings. The lowest BCUT2D eigenvalue weighted by Crippen LogP contribution is -1.99. The highest BCUT2D eigenvalue weighted by molar-refractivity contribution is 7.11. The summed E-state index contributed by atoms with van der Waals surface area (Å²) < 4.78 is 5.71. The number of para-hydroxylation sites is 1. The Balaban J connectivity index is 2.08. The Bertz CT molecular complexity index is 494. The number of aryl methyl sites for hydroxylation is 1. The van der Waals surface area contributed by atoms with Crippen molar-refractivity contribution in [3.8, 4) is 5.75 Å². The van der Waals surface area contributed by atoms with Crippen LogP contribution >= 0.6 is 11.3 Å². The van der Waals surface area contributed by atoms with Crippen LogP contribution in [0.25, 0.3) is 0 Å². The first-order valence-electron chi connectivity index (χ1n) is 5.48. The first-order valence-corrected chi connectivity index (χ1v) is 6.29. The molecule has 1 aromatic carbocycles. The van der Waals surface area contributed by atoms with Crippen molar-refractivity contribution < 1.29 is 9.84 Å². The van der Waals surface area contributed by atoms with Gasteiger partial charge in [0.25, 0.3) is 0 Å². The van der Waals surface area contributed by atoms with E-state index in [1.54, 1.807) is 18.3 Å². The molecule has 0 aliphatic heterocycles. The quantitative estimate of drug-likeness (QED) is 0.905. The van der Waals surface area contributed by atoms with Crippen molar-refractivity contribution in [2.75, 3.05) is 0 Å². The summed E-state index contributed by atoms with van der Waals surface area (Å²) in [6.45, 7) is 4.20. The Labute approximate surface area is 105 Å². The van der Waals surface area contributed by atoms with E-state index in [0.29, 0.717) is 6.61 Å². The van der Waals surface area contributed by atoms with Gasteiger partial charge in [0.05, 0.1) is 16.0 Å². The van der Waals surface area contributed by atoms with Crippen molar-refractivity contribution in [2.45, 2.75) is 26.6 Å². The van der Waals surface area contributed by atoms with Gasteiger partial charge in [-0.2, -0.15) is 0 Å². The molecule has 0 aliphatic carbocycles. The maximum absolute atomic E-state index is 9.62. The molecule has 1 atom stereocenters. The number of aromatic nitrogens is 1. The van der Waals surface area contributed by atoms with E-state index in [1.165, 1.54) is 0 Å². The molecule has 0 bridgehead atoms. The molecule has 0 radical (unpaired) electrons. The van der Waals surface area contributed by atoms with Gasteiger partial charge in [-0.25, -0.2) is 4.98 Å². The molecule has 3 nitrogen and oxygen atoms in total. The monoisotopic (exact) mass is 249 g/mol. The van der Waals surface area contributed by atoms with Gasteiger partial charge in [-0.1, -0.05) is 18.2 Å². The lowest BCUT2D eigenvalue weighted by Gasteiger charge is -2.12. The van der Waals surface area contributed by atoms with Crippen LogP contribution in [0.2, 0.25) is 0 Å². The van der Waals surface area contributed by atoms with Gasteiger partial charge in [-0.3, -0.25) is 0 Å². The third-order valence-electron chi connectivity index (χ3n) is 2.41. The molecule has 0 aliphatic rings. The lowest BCUT2D eigenvalue weighted by atomic mass is 10.1. The van der Waals surface area contributed by atoms with E-state index in [4.69, 9.17) is 4.74 Å². The Morgan fingerprint density at radius 2 is 2.18 bits per heavy atom. The van der Waals surface area contributed by atoms with Crippen LogP contribution in [0.5, 0.6) is 5.75 Å². The molecule has 1 heterocycles. The first-order chi connectivity index (χ1) is 8.16. The second-order valence-corrected chi connectivity index (χ2v) is 5.17. The zero-order valence-electron chi connectivity index (χ0n) is 9.88. The van der Waals surface area contributed by atoms with Crippen molar-refractivity contribution in [1.29, 1.82) is 0 Å². The number of hydrogen-bond acceptors (Lipinski definition) is 4. The van der Waals surface area contributed by atoms with Crippen LogP contribution in [-0.4, -0.2) is 10.1 Å². The zero-order chi connectivity index (χ0) is 12.3. The molecular weight excluding hydrogens is 234 g/mol. The van der Waals surface area contributed by atoms with Gasteiger partial charge in [0, 0.05) is 11.8 Å². The van der Waals surface area contributed by atoms with Crippen molar-refractivity contribution in [1.82, 2.24) is 4.98 Å². The molecule has 0 spiro atoms. The maximum Gasteiger partial charge on any atom is 0.125 e. The zero-order valence-corrected chi connectivity index (χ0v) is 10.7. The van der Waals surface area contributed by atoms with E-state index in [0.717, 1.165) is 21.2 Å². The van der Waals surface area contributed by atoms with Crippen LogP contribution in [0.15, 0.2) is 30.5 Å². The number of nitrogens with zero attached hydrogens (tertiary/aromatic N) is 1. The summed E-state index contributed by atoms with van der Waals surface area (Å²) in [4.78, 5) is 5.26. The van der Waals surface area contributed by atoms with Gasteiger partial charge in [0.2, 0.25) is 0 Å². The molecule has 0 unspecified atom stereocenters. The number of hydrogen-bond donors (Lipinski definition) is 1. The fraction of sp³-hybridized carbons (Fsp3) is 0.308. The van der Waals surface area contributed by atoms with Crippen molar-refractivity contribution in [3.63, 3.8) is 0 Å². The summed E-state index contributed by atoms with van der Waals surface area (Å²) in [7, 11) is 0. The van der Waals surface area contributed by atoms with Crippen LogP contribution in [0.1, 0.15) is 28.5 Å². The van der Waals surface area contributed by atoms with Crippen LogP contribution < -0.4 is 4.74 Å². The predicted molar refractivity (Wildman–Crippen MR) is 68.3 cm³/mol. The Morgan fingerprint density at radius 3 is 2.82 bits per heavy atom. The number of thiazole rings is 1. The summed E-state index contributed by atoms with van der Waals surface area (Å²) in [5, 5.41) is 10.7. The molecule has 90 valence electrons. The number of benzene rings is 1. The minimum absolute atomic E-state index is 0.495.